The highest BCUT2D eigenvalue weighted by molar-refractivity contribution is 5.68. The lowest BCUT2D eigenvalue weighted by Gasteiger charge is -2.38. The Kier molecular flexibility index (Phi) is 5.26. The molecule has 0 bridgehead atoms. The van der Waals surface area contributed by atoms with Crippen LogP contribution in [0, 0.1) is 10.1 Å². The smallest absolute Gasteiger partial charge is 0.410 e. The summed E-state index contributed by atoms with van der Waals surface area (Å²) in [6.45, 7) is 6.64. The second kappa shape index (κ2) is 7.02. The van der Waals surface area contributed by atoms with Crippen LogP contribution in [0.5, 0.6) is 0 Å². The summed E-state index contributed by atoms with van der Waals surface area (Å²) in [5, 5.41) is 11.2. The highest BCUT2D eigenvalue weighted by Gasteiger charge is 2.31. The van der Waals surface area contributed by atoms with Gasteiger partial charge in [0.2, 0.25) is 5.82 Å². The van der Waals surface area contributed by atoms with Gasteiger partial charge in [0.05, 0.1) is 11.0 Å². The number of aromatic nitrogens is 1. The van der Waals surface area contributed by atoms with Crippen LogP contribution in [0.4, 0.5) is 16.3 Å². The molecule has 2 rings (SSSR count). The number of ether oxygens (including phenoxy) is 1. The van der Waals surface area contributed by atoms with E-state index in [2.05, 4.69) is 4.98 Å². The van der Waals surface area contributed by atoms with Gasteiger partial charge in [-0.2, -0.15) is 0 Å². The van der Waals surface area contributed by atoms with Gasteiger partial charge >= 0.3 is 11.8 Å². The van der Waals surface area contributed by atoms with Crippen molar-refractivity contribution in [3.8, 4) is 0 Å². The van der Waals surface area contributed by atoms with Gasteiger partial charge < -0.3 is 14.5 Å². The lowest BCUT2D eigenvalue weighted by Crippen LogP contribution is -2.50. The third-order valence-corrected chi connectivity index (χ3v) is 3.89. The van der Waals surface area contributed by atoms with Gasteiger partial charge in [0.15, 0.2) is 0 Å². The highest BCUT2D eigenvalue weighted by Crippen LogP contribution is 2.28. The van der Waals surface area contributed by atoms with Crippen molar-refractivity contribution >= 4 is 17.6 Å². The molecule has 0 radical (unpaired) electrons. The molecule has 0 unspecified atom stereocenters. The quantitative estimate of drug-likeness (QED) is 0.623. The number of anilines is 1. The molecule has 1 amide bonds. The molecule has 0 aliphatic carbocycles. The number of carbonyl (C=O) groups is 1. The van der Waals surface area contributed by atoms with Gasteiger partial charge in [-0.25, -0.2) is 9.78 Å². The molecule has 1 aliphatic heterocycles. The van der Waals surface area contributed by atoms with Crippen LogP contribution in [0.3, 0.4) is 0 Å². The minimum absolute atomic E-state index is 0.0157. The number of nitro groups is 1. The van der Waals surface area contributed by atoms with Gasteiger partial charge in [0.1, 0.15) is 5.60 Å². The first-order valence-corrected chi connectivity index (χ1v) is 7.99. The van der Waals surface area contributed by atoms with Crippen molar-refractivity contribution in [1.82, 2.24) is 9.88 Å². The van der Waals surface area contributed by atoms with Crippen LogP contribution in [-0.4, -0.2) is 52.7 Å². The summed E-state index contributed by atoms with van der Waals surface area (Å²) >= 11 is 0. The van der Waals surface area contributed by atoms with E-state index in [1.165, 1.54) is 6.07 Å². The second-order valence-electron chi connectivity index (χ2n) is 6.94. The lowest BCUT2D eigenvalue weighted by molar-refractivity contribution is -0.384. The first-order valence-electron chi connectivity index (χ1n) is 7.99. The largest absolute Gasteiger partial charge is 0.444 e. The van der Waals surface area contributed by atoms with Gasteiger partial charge in [-0.1, -0.05) is 0 Å². The third-order valence-electron chi connectivity index (χ3n) is 3.89. The van der Waals surface area contributed by atoms with E-state index in [4.69, 9.17) is 4.74 Å². The van der Waals surface area contributed by atoms with Crippen LogP contribution >= 0.6 is 0 Å². The summed E-state index contributed by atoms with van der Waals surface area (Å²) < 4.78 is 5.40. The molecule has 1 aromatic heterocycles. The number of amides is 1. The average Bonchev–Trinajstić information content (AvgIpc) is 2.52. The standard InChI is InChI=1S/C16H24N4O4/c1-16(2,3)24-15(21)18(4)12-7-6-10-19(11-12)14-13(20(22)23)8-5-9-17-14/h5,8-9,12H,6-7,10-11H2,1-4H3/t12-/m0/s1. The van der Waals surface area contributed by atoms with E-state index in [9.17, 15) is 14.9 Å². The molecule has 1 aromatic rings. The Bertz CT molecular complexity index is 614. The molecule has 1 aliphatic rings. The lowest BCUT2D eigenvalue weighted by atomic mass is 10.0. The Balaban J connectivity index is 2.12. The van der Waals surface area contributed by atoms with Gasteiger partial charge in [0.25, 0.3) is 0 Å². The van der Waals surface area contributed by atoms with E-state index in [-0.39, 0.29) is 17.8 Å². The number of nitrogens with zero attached hydrogens (tertiary/aromatic N) is 4. The molecular weight excluding hydrogens is 312 g/mol. The van der Waals surface area contributed by atoms with E-state index in [0.29, 0.717) is 18.9 Å². The van der Waals surface area contributed by atoms with Crippen LogP contribution < -0.4 is 4.90 Å². The van der Waals surface area contributed by atoms with Crippen molar-refractivity contribution in [3.63, 3.8) is 0 Å². The van der Waals surface area contributed by atoms with Crippen LogP contribution in [0.25, 0.3) is 0 Å². The molecule has 1 fully saturated rings. The maximum absolute atomic E-state index is 12.2. The minimum Gasteiger partial charge on any atom is -0.444 e. The summed E-state index contributed by atoms with van der Waals surface area (Å²) in [6, 6.07) is 2.93. The Labute approximate surface area is 141 Å². The molecule has 132 valence electrons. The van der Waals surface area contributed by atoms with E-state index in [1.54, 1.807) is 24.2 Å². The van der Waals surface area contributed by atoms with E-state index in [0.717, 1.165) is 12.8 Å². The number of carbonyl (C=O) groups excluding carboxylic acids is 1. The second-order valence-corrected chi connectivity index (χ2v) is 6.94. The van der Waals surface area contributed by atoms with Crippen molar-refractivity contribution in [2.24, 2.45) is 0 Å². The Hall–Kier alpha value is -2.38. The monoisotopic (exact) mass is 336 g/mol. The SMILES string of the molecule is CN(C(=O)OC(C)(C)C)[C@H]1CCCN(c2ncccc2[N+](=O)[O-])C1. The number of piperidine rings is 1. The highest BCUT2D eigenvalue weighted by atomic mass is 16.6. The maximum atomic E-state index is 12.2. The predicted molar refractivity (Wildman–Crippen MR) is 90.1 cm³/mol. The van der Waals surface area contributed by atoms with Gasteiger partial charge in [-0.3, -0.25) is 10.1 Å². The number of hydrogen-bond donors (Lipinski definition) is 0. The zero-order chi connectivity index (χ0) is 17.9. The molecule has 1 atom stereocenters. The van der Waals surface area contributed by atoms with Crippen LogP contribution in [0.2, 0.25) is 0 Å². The van der Waals surface area contributed by atoms with Gasteiger partial charge in [-0.05, 0) is 39.7 Å². The van der Waals surface area contributed by atoms with Gasteiger partial charge in [0, 0.05) is 32.4 Å². The predicted octanol–water partition coefficient (Wildman–Crippen LogP) is 2.83. The number of hydrogen-bond acceptors (Lipinski definition) is 6. The maximum Gasteiger partial charge on any atom is 0.410 e. The van der Waals surface area contributed by atoms with E-state index < -0.39 is 10.5 Å². The Morgan fingerprint density at radius 3 is 2.83 bits per heavy atom. The zero-order valence-corrected chi connectivity index (χ0v) is 14.6. The van der Waals surface area contributed by atoms with Crippen LogP contribution in [0.1, 0.15) is 33.6 Å². The summed E-state index contributed by atoms with van der Waals surface area (Å²) in [4.78, 5) is 30.6. The van der Waals surface area contributed by atoms with Crippen molar-refractivity contribution in [3.05, 3.63) is 28.4 Å². The Morgan fingerprint density at radius 1 is 1.50 bits per heavy atom. The molecule has 0 aromatic carbocycles. The molecule has 8 heteroatoms. The zero-order valence-electron chi connectivity index (χ0n) is 14.6. The number of rotatable bonds is 3. The van der Waals surface area contributed by atoms with Gasteiger partial charge in [-0.15, -0.1) is 0 Å². The normalized spacial score (nSPS) is 18.2. The molecule has 1 saturated heterocycles. The molecule has 0 N–H and O–H groups in total. The molecule has 8 nitrogen and oxygen atoms in total. The summed E-state index contributed by atoms with van der Waals surface area (Å²) in [5.41, 5.74) is -0.572. The van der Waals surface area contributed by atoms with Crippen LogP contribution in [0.15, 0.2) is 18.3 Å². The minimum atomic E-state index is -0.556. The van der Waals surface area contributed by atoms with Crippen molar-refractivity contribution < 1.29 is 14.5 Å². The summed E-state index contributed by atoms with van der Waals surface area (Å²) in [6.07, 6.45) is 2.81. The topological polar surface area (TPSA) is 88.8 Å². The molecule has 0 spiro atoms. The molecule has 0 saturated carbocycles. The fourth-order valence-corrected chi connectivity index (χ4v) is 2.72. The van der Waals surface area contributed by atoms with Crippen molar-refractivity contribution in [2.75, 3.05) is 25.0 Å². The summed E-state index contributed by atoms with van der Waals surface area (Å²) in [7, 11) is 1.70. The fourth-order valence-electron chi connectivity index (χ4n) is 2.72. The first kappa shape index (κ1) is 18.0. The number of pyridine rings is 1. The van der Waals surface area contributed by atoms with Crippen molar-refractivity contribution in [1.29, 1.82) is 0 Å². The van der Waals surface area contributed by atoms with Crippen LogP contribution in [-0.2, 0) is 4.74 Å². The average molecular weight is 336 g/mol. The fraction of sp³-hybridized carbons (Fsp3) is 0.625. The summed E-state index contributed by atoms with van der Waals surface area (Å²) in [5.74, 6) is 0.352. The molecule has 2 heterocycles. The molecule has 24 heavy (non-hydrogen) atoms. The first-order chi connectivity index (χ1) is 11.2. The number of likely N-dealkylation sites (N-methyl/N-ethyl adjacent to an activating group) is 1. The van der Waals surface area contributed by atoms with E-state index >= 15 is 0 Å². The van der Waals surface area contributed by atoms with Crippen molar-refractivity contribution in [2.45, 2.75) is 45.3 Å². The Morgan fingerprint density at radius 2 is 2.21 bits per heavy atom. The third kappa shape index (κ3) is 4.33. The van der Waals surface area contributed by atoms with E-state index in [1.807, 2.05) is 25.7 Å². The molecular formula is C16H24N4O4.